The van der Waals surface area contributed by atoms with Gasteiger partial charge in [0, 0.05) is 25.6 Å². The Hall–Kier alpha value is -1.82. The second-order valence-electron chi connectivity index (χ2n) is 5.87. The number of nitrogens with zero attached hydrogens (tertiary/aromatic N) is 2. The Labute approximate surface area is 170 Å². The molecule has 0 saturated heterocycles. The van der Waals surface area contributed by atoms with Crippen LogP contribution in [0.15, 0.2) is 46.9 Å². The summed E-state index contributed by atoms with van der Waals surface area (Å²) in [6, 6.07) is 12.6. The van der Waals surface area contributed by atoms with Gasteiger partial charge in [-0.05, 0) is 44.2 Å². The molecule has 26 heavy (non-hydrogen) atoms. The summed E-state index contributed by atoms with van der Waals surface area (Å²) in [5.41, 5.74) is 3.63. The maximum absolute atomic E-state index is 12.5. The van der Waals surface area contributed by atoms with Gasteiger partial charge in [0.15, 0.2) is 0 Å². The number of benzene rings is 2. The van der Waals surface area contributed by atoms with Crippen molar-refractivity contribution in [2.75, 3.05) is 5.32 Å². The zero-order valence-electron chi connectivity index (χ0n) is 14.2. The third kappa shape index (κ3) is 3.95. The van der Waals surface area contributed by atoms with E-state index in [4.69, 9.17) is 23.2 Å². The highest BCUT2D eigenvalue weighted by Crippen LogP contribution is 2.27. The van der Waals surface area contributed by atoms with E-state index in [9.17, 15) is 4.79 Å². The number of rotatable bonds is 4. The second-order valence-corrected chi connectivity index (χ2v) is 7.60. The van der Waals surface area contributed by atoms with E-state index in [1.165, 1.54) is 0 Å². The number of carbonyl (C=O) groups excluding carboxylic acids is 1. The monoisotopic (exact) mass is 451 g/mol. The summed E-state index contributed by atoms with van der Waals surface area (Å²) in [5.74, 6) is -0.187. The number of aromatic nitrogens is 2. The molecule has 0 aliphatic rings. The lowest BCUT2D eigenvalue weighted by molar-refractivity contribution is 0.102. The van der Waals surface area contributed by atoms with Gasteiger partial charge in [0.1, 0.15) is 0 Å². The van der Waals surface area contributed by atoms with Gasteiger partial charge < -0.3 is 5.32 Å². The van der Waals surface area contributed by atoms with Crippen molar-refractivity contribution in [3.05, 3.63) is 79.5 Å². The molecule has 1 heterocycles. The van der Waals surface area contributed by atoms with Gasteiger partial charge in [-0.2, -0.15) is 5.10 Å². The van der Waals surface area contributed by atoms with Gasteiger partial charge in [-0.1, -0.05) is 51.3 Å². The Morgan fingerprint density at radius 3 is 2.46 bits per heavy atom. The molecule has 1 N–H and O–H groups in total. The van der Waals surface area contributed by atoms with E-state index in [1.807, 2.05) is 26.0 Å². The Morgan fingerprint density at radius 2 is 1.81 bits per heavy atom. The van der Waals surface area contributed by atoms with Crippen LogP contribution in [0.3, 0.4) is 0 Å². The molecule has 3 aromatic rings. The first kappa shape index (κ1) is 19.0. The van der Waals surface area contributed by atoms with Gasteiger partial charge in [0.2, 0.25) is 0 Å². The van der Waals surface area contributed by atoms with Gasteiger partial charge in [0.25, 0.3) is 5.91 Å². The van der Waals surface area contributed by atoms with Crippen LogP contribution in [0.5, 0.6) is 0 Å². The van der Waals surface area contributed by atoms with Crippen LogP contribution < -0.4 is 5.32 Å². The standard InChI is InChI=1S/C19H16BrCl2N3O/c1-11-18(23-19(26)13-5-3-6-14(20)9-13)12(2)25(24-11)10-15-16(21)7-4-8-17(15)22/h3-9H,10H2,1-2H3,(H,23,26). The third-order valence-electron chi connectivity index (χ3n) is 4.08. The molecule has 0 atom stereocenters. The second kappa shape index (κ2) is 7.82. The molecule has 3 rings (SSSR count). The first-order chi connectivity index (χ1) is 12.4. The summed E-state index contributed by atoms with van der Waals surface area (Å²) in [6.07, 6.45) is 0. The highest BCUT2D eigenvalue weighted by Gasteiger charge is 2.17. The first-order valence-electron chi connectivity index (χ1n) is 7.90. The van der Waals surface area contributed by atoms with E-state index in [2.05, 4.69) is 26.3 Å². The molecule has 1 aromatic heterocycles. The number of amides is 1. The normalized spacial score (nSPS) is 10.8. The summed E-state index contributed by atoms with van der Waals surface area (Å²) in [6.45, 7) is 4.19. The molecule has 0 aliphatic heterocycles. The Morgan fingerprint density at radius 1 is 1.15 bits per heavy atom. The van der Waals surface area contributed by atoms with Crippen LogP contribution in [-0.2, 0) is 6.54 Å². The molecule has 0 unspecified atom stereocenters. The number of aryl methyl sites for hydroxylation is 1. The topological polar surface area (TPSA) is 46.9 Å². The van der Waals surface area contributed by atoms with Crippen LogP contribution in [0, 0.1) is 13.8 Å². The number of nitrogens with one attached hydrogen (secondary N) is 1. The lowest BCUT2D eigenvalue weighted by Crippen LogP contribution is -2.13. The van der Waals surface area contributed by atoms with Crippen LogP contribution in [0.1, 0.15) is 27.3 Å². The minimum Gasteiger partial charge on any atom is -0.319 e. The van der Waals surface area contributed by atoms with Gasteiger partial charge in [-0.3, -0.25) is 9.48 Å². The molecule has 0 fully saturated rings. The van der Waals surface area contributed by atoms with Crippen LogP contribution in [0.2, 0.25) is 10.0 Å². The summed E-state index contributed by atoms with van der Waals surface area (Å²) >= 11 is 15.9. The van der Waals surface area contributed by atoms with Crippen molar-refractivity contribution in [1.82, 2.24) is 9.78 Å². The molecule has 0 bridgehead atoms. The quantitative estimate of drug-likeness (QED) is 0.538. The van der Waals surface area contributed by atoms with E-state index in [-0.39, 0.29) is 5.91 Å². The van der Waals surface area contributed by atoms with Crippen LogP contribution >= 0.6 is 39.1 Å². The van der Waals surface area contributed by atoms with Crippen molar-refractivity contribution in [1.29, 1.82) is 0 Å². The Bertz CT molecular complexity index is 965. The van der Waals surface area contributed by atoms with E-state index in [1.54, 1.807) is 35.0 Å². The molecule has 2 aromatic carbocycles. The van der Waals surface area contributed by atoms with Crippen molar-refractivity contribution in [3.8, 4) is 0 Å². The molecule has 0 radical (unpaired) electrons. The molecule has 134 valence electrons. The number of hydrogen-bond donors (Lipinski definition) is 1. The van der Waals surface area contributed by atoms with Crippen LogP contribution in [0.4, 0.5) is 5.69 Å². The summed E-state index contributed by atoms with van der Waals surface area (Å²) in [7, 11) is 0. The highest BCUT2D eigenvalue weighted by atomic mass is 79.9. The fraction of sp³-hybridized carbons (Fsp3) is 0.158. The van der Waals surface area contributed by atoms with Crippen molar-refractivity contribution in [2.24, 2.45) is 0 Å². The number of anilines is 1. The maximum atomic E-state index is 12.5. The molecule has 7 heteroatoms. The van der Waals surface area contributed by atoms with Gasteiger partial charge >= 0.3 is 0 Å². The van der Waals surface area contributed by atoms with Crippen molar-refractivity contribution < 1.29 is 4.79 Å². The zero-order chi connectivity index (χ0) is 18.8. The van der Waals surface area contributed by atoms with Crippen LogP contribution in [0.25, 0.3) is 0 Å². The smallest absolute Gasteiger partial charge is 0.255 e. The molecule has 4 nitrogen and oxygen atoms in total. The van der Waals surface area contributed by atoms with Crippen molar-refractivity contribution in [2.45, 2.75) is 20.4 Å². The molecule has 0 spiro atoms. The third-order valence-corrected chi connectivity index (χ3v) is 5.28. The van der Waals surface area contributed by atoms with Gasteiger partial charge in [-0.15, -0.1) is 0 Å². The SMILES string of the molecule is Cc1nn(Cc2c(Cl)cccc2Cl)c(C)c1NC(=O)c1cccc(Br)c1. The average Bonchev–Trinajstić information content (AvgIpc) is 2.85. The molecule has 0 aliphatic carbocycles. The molecular weight excluding hydrogens is 437 g/mol. The van der Waals surface area contributed by atoms with E-state index >= 15 is 0 Å². The number of hydrogen-bond acceptors (Lipinski definition) is 2. The van der Waals surface area contributed by atoms with Crippen LogP contribution in [-0.4, -0.2) is 15.7 Å². The predicted octanol–water partition coefficient (Wildman–Crippen LogP) is 5.87. The number of halogens is 3. The van der Waals surface area contributed by atoms with Gasteiger partial charge in [-0.25, -0.2) is 0 Å². The number of carbonyl (C=O) groups is 1. The zero-order valence-corrected chi connectivity index (χ0v) is 17.3. The highest BCUT2D eigenvalue weighted by molar-refractivity contribution is 9.10. The Balaban J connectivity index is 1.88. The lowest BCUT2D eigenvalue weighted by atomic mass is 10.2. The largest absolute Gasteiger partial charge is 0.319 e. The van der Waals surface area contributed by atoms with Gasteiger partial charge in [0.05, 0.1) is 23.6 Å². The minimum absolute atomic E-state index is 0.187. The predicted molar refractivity (Wildman–Crippen MR) is 109 cm³/mol. The minimum atomic E-state index is -0.187. The van der Waals surface area contributed by atoms with Crippen molar-refractivity contribution in [3.63, 3.8) is 0 Å². The molecular formula is C19H16BrCl2N3O. The average molecular weight is 453 g/mol. The van der Waals surface area contributed by atoms with E-state index in [0.29, 0.717) is 27.8 Å². The van der Waals surface area contributed by atoms with Crippen molar-refractivity contribution >= 4 is 50.7 Å². The molecule has 0 saturated carbocycles. The van der Waals surface area contributed by atoms with E-state index in [0.717, 1.165) is 21.4 Å². The fourth-order valence-corrected chi connectivity index (χ4v) is 3.60. The Kier molecular flexibility index (Phi) is 5.70. The molecule has 1 amide bonds. The maximum Gasteiger partial charge on any atom is 0.255 e. The fourth-order valence-electron chi connectivity index (χ4n) is 2.68. The van der Waals surface area contributed by atoms with E-state index < -0.39 is 0 Å². The summed E-state index contributed by atoms with van der Waals surface area (Å²) in [4.78, 5) is 12.5. The summed E-state index contributed by atoms with van der Waals surface area (Å²) in [5, 5.41) is 8.65. The lowest BCUT2D eigenvalue weighted by Gasteiger charge is -2.10. The first-order valence-corrected chi connectivity index (χ1v) is 9.45. The summed E-state index contributed by atoms with van der Waals surface area (Å²) < 4.78 is 2.64.